The van der Waals surface area contributed by atoms with Crippen LogP contribution in [0.15, 0.2) is 0 Å². The molecule has 0 aromatic rings. The first-order valence-corrected chi connectivity index (χ1v) is 45.7. The molecular weight excluding hydrogens is 1330 g/mol. The lowest BCUT2D eigenvalue weighted by Gasteiger charge is -2.21. The number of esters is 4. The number of aliphatic hydroxyl groups is 1. The van der Waals surface area contributed by atoms with Gasteiger partial charge in [-0.3, -0.25) is 37.3 Å². The smallest absolute Gasteiger partial charge is 0.462 e. The highest BCUT2D eigenvalue weighted by atomic mass is 31.2. The van der Waals surface area contributed by atoms with Gasteiger partial charge in [-0.05, 0) is 49.4 Å². The van der Waals surface area contributed by atoms with Crippen LogP contribution >= 0.6 is 15.6 Å². The van der Waals surface area contributed by atoms with Gasteiger partial charge in [-0.1, -0.05) is 376 Å². The van der Waals surface area contributed by atoms with E-state index in [0.717, 1.165) is 114 Å². The van der Waals surface area contributed by atoms with Crippen molar-refractivity contribution in [1.29, 1.82) is 0 Å². The lowest BCUT2D eigenvalue weighted by molar-refractivity contribution is -0.161. The van der Waals surface area contributed by atoms with Crippen LogP contribution in [0.4, 0.5) is 0 Å². The fourth-order valence-corrected chi connectivity index (χ4v) is 14.3. The lowest BCUT2D eigenvalue weighted by Crippen LogP contribution is -2.30. The number of carbonyl (C=O) groups excluding carboxylic acids is 4. The zero-order valence-electron chi connectivity index (χ0n) is 67.2. The van der Waals surface area contributed by atoms with Crippen molar-refractivity contribution < 1.29 is 80.2 Å². The van der Waals surface area contributed by atoms with Crippen molar-refractivity contribution in [1.82, 2.24) is 0 Å². The van der Waals surface area contributed by atoms with Gasteiger partial charge in [-0.2, -0.15) is 0 Å². The van der Waals surface area contributed by atoms with Gasteiger partial charge >= 0.3 is 39.5 Å². The summed E-state index contributed by atoms with van der Waals surface area (Å²) in [7, 11) is -9.92. The number of rotatable bonds is 80. The number of unbranched alkanes of at least 4 members (excludes halogenated alkanes) is 45. The third-order valence-corrected chi connectivity index (χ3v) is 21.6. The van der Waals surface area contributed by atoms with E-state index in [9.17, 15) is 43.2 Å². The monoisotopic (exact) mass is 1490 g/mol. The molecule has 606 valence electrons. The quantitative estimate of drug-likeness (QED) is 0.0222. The van der Waals surface area contributed by atoms with Crippen molar-refractivity contribution >= 4 is 39.5 Å². The van der Waals surface area contributed by atoms with Crippen LogP contribution in [-0.4, -0.2) is 96.7 Å². The van der Waals surface area contributed by atoms with E-state index in [-0.39, 0.29) is 25.7 Å². The van der Waals surface area contributed by atoms with Crippen molar-refractivity contribution in [3.8, 4) is 0 Å². The van der Waals surface area contributed by atoms with Gasteiger partial charge in [0.1, 0.15) is 19.3 Å². The summed E-state index contributed by atoms with van der Waals surface area (Å²) >= 11 is 0. The van der Waals surface area contributed by atoms with Crippen LogP contribution in [0, 0.1) is 23.7 Å². The first kappa shape index (κ1) is 100. The Balaban J connectivity index is 5.19. The highest BCUT2D eigenvalue weighted by Gasteiger charge is 2.30. The van der Waals surface area contributed by atoms with Gasteiger partial charge in [0, 0.05) is 25.7 Å². The van der Waals surface area contributed by atoms with E-state index in [1.807, 2.05) is 0 Å². The van der Waals surface area contributed by atoms with Crippen LogP contribution in [0.3, 0.4) is 0 Å². The van der Waals surface area contributed by atoms with Crippen LogP contribution in [0.5, 0.6) is 0 Å². The Hall–Kier alpha value is -1.94. The van der Waals surface area contributed by atoms with Crippen molar-refractivity contribution in [3.05, 3.63) is 0 Å². The molecule has 0 rings (SSSR count). The fraction of sp³-hybridized carbons (Fsp3) is 0.952. The maximum absolute atomic E-state index is 13.1. The molecule has 19 heteroatoms. The molecule has 6 atom stereocenters. The SMILES string of the molecule is CCC(C)CCCCCCCCCCCCCCCCCCCCC(=O)OC[C@H](COP(=O)(O)OC[C@@H](O)COP(=O)(O)OC[C@@H](COC(=O)CCCCCCCCC(C)C)OC(=O)CCCCCCCCCCCCCCC(C)C)OC(=O)CCCCCCCCCCCCCCCC(C)C. The molecule has 3 N–H and O–H groups in total. The van der Waals surface area contributed by atoms with E-state index in [1.54, 1.807) is 0 Å². The van der Waals surface area contributed by atoms with Crippen LogP contribution < -0.4 is 0 Å². The number of ether oxygens (including phenoxy) is 4. The minimum atomic E-state index is -4.96. The largest absolute Gasteiger partial charge is 0.472 e. The van der Waals surface area contributed by atoms with E-state index in [2.05, 4.69) is 55.4 Å². The Bertz CT molecular complexity index is 1990. The second-order valence-corrected chi connectivity index (χ2v) is 34.4. The van der Waals surface area contributed by atoms with E-state index >= 15 is 0 Å². The first-order chi connectivity index (χ1) is 49.1. The predicted octanol–water partition coefficient (Wildman–Crippen LogP) is 24.8. The molecule has 0 aliphatic heterocycles. The van der Waals surface area contributed by atoms with Crippen molar-refractivity contribution in [2.75, 3.05) is 39.6 Å². The van der Waals surface area contributed by atoms with Gasteiger partial charge < -0.3 is 33.8 Å². The van der Waals surface area contributed by atoms with Gasteiger partial charge in [0.05, 0.1) is 26.4 Å². The summed E-state index contributed by atoms with van der Waals surface area (Å²) in [6, 6.07) is 0. The highest BCUT2D eigenvalue weighted by Crippen LogP contribution is 2.45. The van der Waals surface area contributed by atoms with Crippen LogP contribution in [0.2, 0.25) is 0 Å². The van der Waals surface area contributed by atoms with Crippen molar-refractivity contribution in [2.24, 2.45) is 23.7 Å². The number of hydrogen-bond donors (Lipinski definition) is 3. The fourth-order valence-electron chi connectivity index (χ4n) is 12.8. The predicted molar refractivity (Wildman–Crippen MR) is 418 cm³/mol. The summed E-state index contributed by atoms with van der Waals surface area (Å²) < 4.78 is 68.7. The summed E-state index contributed by atoms with van der Waals surface area (Å²) in [5.41, 5.74) is 0. The number of carbonyl (C=O) groups is 4. The number of aliphatic hydroxyl groups excluding tert-OH is 1. The molecule has 0 saturated carbocycles. The molecule has 0 fully saturated rings. The maximum Gasteiger partial charge on any atom is 0.472 e. The average Bonchev–Trinajstić information content (AvgIpc) is 0.927. The molecular formula is C83H162O17P2. The first-order valence-electron chi connectivity index (χ1n) is 42.7. The molecule has 17 nitrogen and oxygen atoms in total. The van der Waals surface area contributed by atoms with E-state index in [0.29, 0.717) is 31.6 Å². The molecule has 102 heavy (non-hydrogen) atoms. The number of phosphoric ester groups is 2. The van der Waals surface area contributed by atoms with Crippen LogP contribution in [-0.2, 0) is 65.4 Å². The second kappa shape index (κ2) is 72.0. The van der Waals surface area contributed by atoms with Crippen LogP contribution in [0.1, 0.15) is 428 Å². The third kappa shape index (κ3) is 74.9. The summed E-state index contributed by atoms with van der Waals surface area (Å²) in [4.78, 5) is 73.0. The zero-order chi connectivity index (χ0) is 75.3. The molecule has 3 unspecified atom stereocenters. The van der Waals surface area contributed by atoms with Gasteiger partial charge in [0.2, 0.25) is 0 Å². The molecule has 0 aliphatic carbocycles. The van der Waals surface area contributed by atoms with Gasteiger partial charge in [-0.25, -0.2) is 9.13 Å². The lowest BCUT2D eigenvalue weighted by atomic mass is 9.99. The summed E-state index contributed by atoms with van der Waals surface area (Å²) in [6.07, 6.45) is 59.9. The second-order valence-electron chi connectivity index (χ2n) is 31.5. The van der Waals surface area contributed by atoms with E-state index < -0.39 is 97.5 Å². The van der Waals surface area contributed by atoms with Crippen LogP contribution in [0.25, 0.3) is 0 Å². The molecule has 0 radical (unpaired) electrons. The normalized spacial score (nSPS) is 14.3. The molecule has 0 amide bonds. The van der Waals surface area contributed by atoms with Gasteiger partial charge in [0.15, 0.2) is 12.2 Å². The highest BCUT2D eigenvalue weighted by molar-refractivity contribution is 7.47. The Morgan fingerprint density at radius 1 is 0.275 bits per heavy atom. The Morgan fingerprint density at radius 3 is 0.696 bits per heavy atom. The Labute approximate surface area is 626 Å². The molecule has 0 bridgehead atoms. The number of phosphoric acid groups is 2. The zero-order valence-corrected chi connectivity index (χ0v) is 69.0. The van der Waals surface area contributed by atoms with Gasteiger partial charge in [-0.15, -0.1) is 0 Å². The van der Waals surface area contributed by atoms with E-state index in [1.165, 1.54) is 225 Å². The number of hydrogen-bond acceptors (Lipinski definition) is 15. The van der Waals surface area contributed by atoms with E-state index in [4.69, 9.17) is 37.0 Å². The third-order valence-electron chi connectivity index (χ3n) is 19.7. The summed E-state index contributed by atoms with van der Waals surface area (Å²) in [5, 5.41) is 10.6. The topological polar surface area (TPSA) is 237 Å². The summed E-state index contributed by atoms with van der Waals surface area (Å²) in [6.45, 7) is 14.3. The van der Waals surface area contributed by atoms with Crippen molar-refractivity contribution in [3.63, 3.8) is 0 Å². The standard InChI is InChI=1S/C83H162O17P2/c1-9-76(8)62-54-46-37-31-25-18-14-12-10-11-13-15-19-26-32-38-47-55-63-80(85)93-69-78(99-82(87)65-57-49-39-33-27-20-16-17-23-29-35-43-51-59-73(2)3)71-97-101(89,90)95-67-77(84)68-96-102(91,92)98-72-79(70-94-81(86)64-56-48-42-41-45-53-61-75(6)7)100-83(88)66-58-50-40-34-28-22-21-24-30-36-44-52-60-74(4)5/h73-79,84H,9-72H2,1-8H3,(H,89,90)(H,91,92)/t76?,77-,78-,79-/m1/s1. The average molecular weight is 1490 g/mol. The molecule has 0 aliphatic rings. The minimum absolute atomic E-state index is 0.106. The molecule has 0 saturated heterocycles. The molecule has 0 aromatic carbocycles. The molecule has 0 heterocycles. The molecule has 0 aromatic heterocycles. The van der Waals surface area contributed by atoms with Gasteiger partial charge in [0.25, 0.3) is 0 Å². The minimum Gasteiger partial charge on any atom is -0.462 e. The maximum atomic E-state index is 13.1. The van der Waals surface area contributed by atoms with Crippen molar-refractivity contribution in [2.45, 2.75) is 446 Å². The molecule has 0 spiro atoms. The Kier molecular flexibility index (Phi) is 70.6. The summed E-state index contributed by atoms with van der Waals surface area (Å²) in [5.74, 6) is 1.00. The Morgan fingerprint density at radius 2 is 0.471 bits per heavy atom.